The van der Waals surface area contributed by atoms with Crippen molar-refractivity contribution in [3.05, 3.63) is 21.9 Å². The summed E-state index contributed by atoms with van der Waals surface area (Å²) in [5.74, 6) is 0.465. The summed E-state index contributed by atoms with van der Waals surface area (Å²) in [7, 11) is 1.77. The van der Waals surface area contributed by atoms with Crippen molar-refractivity contribution >= 4 is 29.1 Å². The minimum Gasteiger partial charge on any atom is -0.341 e. The van der Waals surface area contributed by atoms with Gasteiger partial charge in [-0.2, -0.15) is 0 Å². The molecule has 17 heavy (non-hydrogen) atoms. The van der Waals surface area contributed by atoms with Crippen LogP contribution in [0.5, 0.6) is 0 Å². The van der Waals surface area contributed by atoms with Crippen LogP contribution in [0.1, 0.15) is 29.6 Å². The van der Waals surface area contributed by atoms with Crippen LogP contribution in [0.2, 0.25) is 10.3 Å². The maximum absolute atomic E-state index is 12.1. The zero-order valence-corrected chi connectivity index (χ0v) is 11.0. The maximum atomic E-state index is 12.1. The second-order valence-electron chi connectivity index (χ2n) is 4.35. The fourth-order valence-corrected chi connectivity index (χ4v) is 2.17. The van der Waals surface area contributed by atoms with Gasteiger partial charge in [0.25, 0.3) is 5.91 Å². The predicted octanol–water partition coefficient (Wildman–Crippen LogP) is 2.66. The Kier molecular flexibility index (Phi) is 3.84. The standard InChI is InChI=1S/C11H13Cl2N3O/c1-16(6-7-3-2-4-7)11(17)8-5-9(12)14-15-10(8)13/h5,7H,2-4,6H2,1H3. The van der Waals surface area contributed by atoms with E-state index in [9.17, 15) is 4.79 Å². The van der Waals surface area contributed by atoms with Gasteiger partial charge >= 0.3 is 0 Å². The molecular weight excluding hydrogens is 261 g/mol. The fraction of sp³-hybridized carbons (Fsp3) is 0.545. The van der Waals surface area contributed by atoms with Crippen molar-refractivity contribution in [3.8, 4) is 0 Å². The van der Waals surface area contributed by atoms with E-state index in [1.807, 2.05) is 0 Å². The van der Waals surface area contributed by atoms with Gasteiger partial charge in [-0.15, -0.1) is 10.2 Å². The van der Waals surface area contributed by atoms with Crippen LogP contribution >= 0.6 is 23.2 Å². The Hall–Kier alpha value is -0.870. The molecule has 1 aliphatic carbocycles. The van der Waals surface area contributed by atoms with Crippen LogP contribution in [0.15, 0.2) is 6.07 Å². The highest BCUT2D eigenvalue weighted by Crippen LogP contribution is 2.27. The zero-order chi connectivity index (χ0) is 12.4. The third-order valence-corrected chi connectivity index (χ3v) is 3.52. The molecule has 6 heteroatoms. The van der Waals surface area contributed by atoms with Crippen LogP contribution < -0.4 is 0 Å². The van der Waals surface area contributed by atoms with E-state index in [0.29, 0.717) is 11.5 Å². The van der Waals surface area contributed by atoms with Crippen molar-refractivity contribution in [1.82, 2.24) is 15.1 Å². The SMILES string of the molecule is CN(CC1CCC1)C(=O)c1cc(Cl)nnc1Cl. The molecule has 0 unspecified atom stereocenters. The smallest absolute Gasteiger partial charge is 0.256 e. The van der Waals surface area contributed by atoms with E-state index in [-0.39, 0.29) is 16.2 Å². The van der Waals surface area contributed by atoms with E-state index in [0.717, 1.165) is 6.54 Å². The zero-order valence-electron chi connectivity index (χ0n) is 9.49. The molecule has 1 saturated carbocycles. The number of aromatic nitrogens is 2. The van der Waals surface area contributed by atoms with Crippen molar-refractivity contribution in [3.63, 3.8) is 0 Å². The van der Waals surface area contributed by atoms with Crippen LogP contribution in [-0.2, 0) is 0 Å². The van der Waals surface area contributed by atoms with Crippen molar-refractivity contribution in [2.75, 3.05) is 13.6 Å². The lowest BCUT2D eigenvalue weighted by molar-refractivity contribution is 0.0745. The Morgan fingerprint density at radius 1 is 1.47 bits per heavy atom. The van der Waals surface area contributed by atoms with Gasteiger partial charge in [0.05, 0.1) is 5.56 Å². The Bertz CT molecular complexity index is 435. The molecule has 1 aliphatic rings. The Labute approximate surface area is 110 Å². The molecule has 0 saturated heterocycles. The first-order valence-electron chi connectivity index (χ1n) is 5.52. The van der Waals surface area contributed by atoms with E-state index < -0.39 is 0 Å². The quantitative estimate of drug-likeness (QED) is 0.851. The van der Waals surface area contributed by atoms with Gasteiger partial charge in [-0.1, -0.05) is 29.6 Å². The molecule has 0 atom stereocenters. The van der Waals surface area contributed by atoms with Gasteiger partial charge in [-0.25, -0.2) is 0 Å². The first-order valence-corrected chi connectivity index (χ1v) is 6.27. The van der Waals surface area contributed by atoms with Gasteiger partial charge in [-0.05, 0) is 24.8 Å². The Balaban J connectivity index is 2.09. The number of halogens is 2. The van der Waals surface area contributed by atoms with E-state index in [4.69, 9.17) is 23.2 Å². The van der Waals surface area contributed by atoms with Gasteiger partial charge in [0.1, 0.15) is 0 Å². The van der Waals surface area contributed by atoms with E-state index in [1.165, 1.54) is 25.3 Å². The molecule has 1 aromatic rings. The number of amides is 1. The number of carbonyl (C=O) groups excluding carboxylic acids is 1. The van der Waals surface area contributed by atoms with E-state index >= 15 is 0 Å². The summed E-state index contributed by atoms with van der Waals surface area (Å²) in [6, 6.07) is 1.45. The lowest BCUT2D eigenvalue weighted by Crippen LogP contribution is -2.34. The van der Waals surface area contributed by atoms with Crippen LogP contribution in [0.4, 0.5) is 0 Å². The minimum absolute atomic E-state index is 0.0971. The molecule has 0 N–H and O–H groups in total. The molecule has 1 amide bonds. The average molecular weight is 274 g/mol. The van der Waals surface area contributed by atoms with Gasteiger partial charge in [0, 0.05) is 13.6 Å². The highest BCUT2D eigenvalue weighted by atomic mass is 35.5. The van der Waals surface area contributed by atoms with E-state index in [2.05, 4.69) is 10.2 Å². The molecule has 0 radical (unpaired) electrons. The summed E-state index contributed by atoms with van der Waals surface area (Å²) in [6.45, 7) is 0.759. The first-order chi connectivity index (χ1) is 8.08. The molecule has 1 aromatic heterocycles. The van der Waals surface area contributed by atoms with Gasteiger partial charge in [-0.3, -0.25) is 4.79 Å². The third kappa shape index (κ3) is 2.87. The largest absolute Gasteiger partial charge is 0.341 e. The number of carbonyl (C=O) groups is 1. The van der Waals surface area contributed by atoms with Crippen LogP contribution in [0, 0.1) is 5.92 Å². The predicted molar refractivity (Wildman–Crippen MR) is 66.4 cm³/mol. The summed E-state index contributed by atoms with van der Waals surface area (Å²) in [4.78, 5) is 13.8. The minimum atomic E-state index is -0.154. The summed E-state index contributed by atoms with van der Waals surface area (Å²) in [6.07, 6.45) is 3.65. The van der Waals surface area contributed by atoms with E-state index in [1.54, 1.807) is 11.9 Å². The molecular formula is C11H13Cl2N3O. The molecule has 0 spiro atoms. The third-order valence-electron chi connectivity index (χ3n) is 3.05. The molecule has 0 bridgehead atoms. The molecule has 0 aliphatic heterocycles. The van der Waals surface area contributed by atoms with Crippen molar-refractivity contribution in [2.45, 2.75) is 19.3 Å². The maximum Gasteiger partial charge on any atom is 0.256 e. The number of rotatable bonds is 3. The van der Waals surface area contributed by atoms with Crippen molar-refractivity contribution < 1.29 is 4.79 Å². The van der Waals surface area contributed by atoms with Crippen molar-refractivity contribution in [2.24, 2.45) is 5.92 Å². The second-order valence-corrected chi connectivity index (χ2v) is 5.10. The first kappa shape index (κ1) is 12.6. The monoisotopic (exact) mass is 273 g/mol. The Morgan fingerprint density at radius 2 is 2.18 bits per heavy atom. The summed E-state index contributed by atoms with van der Waals surface area (Å²) < 4.78 is 0. The molecule has 0 aromatic carbocycles. The Morgan fingerprint density at radius 3 is 2.76 bits per heavy atom. The number of hydrogen-bond donors (Lipinski definition) is 0. The molecule has 2 rings (SSSR count). The van der Waals surface area contributed by atoms with Crippen LogP contribution in [0.25, 0.3) is 0 Å². The van der Waals surface area contributed by atoms with Crippen molar-refractivity contribution in [1.29, 1.82) is 0 Å². The van der Waals surface area contributed by atoms with Gasteiger partial charge < -0.3 is 4.90 Å². The van der Waals surface area contributed by atoms with Gasteiger partial charge in [0.2, 0.25) is 0 Å². The number of hydrogen-bond acceptors (Lipinski definition) is 3. The molecule has 1 fully saturated rings. The number of nitrogens with zero attached hydrogens (tertiary/aromatic N) is 3. The summed E-state index contributed by atoms with van der Waals surface area (Å²) in [5.41, 5.74) is 0.313. The molecule has 4 nitrogen and oxygen atoms in total. The summed E-state index contributed by atoms with van der Waals surface area (Å²) >= 11 is 11.5. The molecule has 92 valence electrons. The highest BCUT2D eigenvalue weighted by molar-refractivity contribution is 6.34. The van der Waals surface area contributed by atoms with Gasteiger partial charge in [0.15, 0.2) is 10.3 Å². The van der Waals surface area contributed by atoms with Crippen LogP contribution in [-0.4, -0.2) is 34.6 Å². The highest BCUT2D eigenvalue weighted by Gasteiger charge is 2.23. The lowest BCUT2D eigenvalue weighted by Gasteiger charge is -2.30. The fourth-order valence-electron chi connectivity index (χ4n) is 1.85. The normalized spacial score (nSPS) is 15.5. The average Bonchev–Trinajstić information content (AvgIpc) is 2.25. The lowest BCUT2D eigenvalue weighted by atomic mass is 9.85. The summed E-state index contributed by atoms with van der Waals surface area (Å²) in [5, 5.41) is 7.49. The molecule has 1 heterocycles. The second kappa shape index (κ2) is 5.19. The van der Waals surface area contributed by atoms with Crippen LogP contribution in [0.3, 0.4) is 0 Å². The topological polar surface area (TPSA) is 46.1 Å².